The Morgan fingerprint density at radius 2 is 1.86 bits per heavy atom. The second kappa shape index (κ2) is 2.80. The number of rotatable bonds is 0. The highest BCUT2D eigenvalue weighted by atomic mass is 16.5. The summed E-state index contributed by atoms with van der Waals surface area (Å²) in [7, 11) is 0. The highest BCUT2D eigenvalue weighted by molar-refractivity contribution is 5.59. The third-order valence-electron chi connectivity index (χ3n) is 3.00. The number of phenols is 2. The molecule has 1 heterocycles. The van der Waals surface area contributed by atoms with Gasteiger partial charge in [-0.15, -0.1) is 0 Å². The largest absolute Gasteiger partial charge is 0.508 e. The zero-order valence-electron chi connectivity index (χ0n) is 8.53. The van der Waals surface area contributed by atoms with Crippen molar-refractivity contribution in [1.82, 2.24) is 0 Å². The summed E-state index contributed by atoms with van der Waals surface area (Å²) < 4.78 is 5.52. The smallest absolute Gasteiger partial charge is 0.165 e. The molecule has 0 aromatic heterocycles. The number of ether oxygens (including phenoxy) is 1. The molecule has 1 aromatic rings. The summed E-state index contributed by atoms with van der Waals surface area (Å²) in [5.74, 6) is 0.897. The summed E-state index contributed by atoms with van der Waals surface area (Å²) in [6.45, 7) is 5.83. The highest BCUT2D eigenvalue weighted by Crippen LogP contribution is 2.48. The van der Waals surface area contributed by atoms with Gasteiger partial charge in [0, 0.05) is 17.5 Å². The maximum atomic E-state index is 9.59. The number of hydrogen-bond acceptors (Lipinski definition) is 3. The van der Waals surface area contributed by atoms with Gasteiger partial charge < -0.3 is 14.9 Å². The summed E-state index contributed by atoms with van der Waals surface area (Å²) >= 11 is 0. The molecule has 0 amide bonds. The molecule has 1 aliphatic rings. The van der Waals surface area contributed by atoms with Crippen molar-refractivity contribution >= 4 is 0 Å². The van der Waals surface area contributed by atoms with Gasteiger partial charge in [-0.3, -0.25) is 0 Å². The van der Waals surface area contributed by atoms with Gasteiger partial charge in [-0.2, -0.15) is 0 Å². The molecular formula is C11H14O3. The van der Waals surface area contributed by atoms with E-state index in [4.69, 9.17) is 4.74 Å². The molecule has 0 saturated carbocycles. The highest BCUT2D eigenvalue weighted by Gasteiger charge is 2.32. The van der Waals surface area contributed by atoms with Crippen molar-refractivity contribution in [2.45, 2.75) is 32.8 Å². The first kappa shape index (κ1) is 9.19. The minimum atomic E-state index is 0.0271. The fourth-order valence-electron chi connectivity index (χ4n) is 1.94. The van der Waals surface area contributed by atoms with Crippen LogP contribution in [0, 0.1) is 6.92 Å². The zero-order valence-corrected chi connectivity index (χ0v) is 8.53. The van der Waals surface area contributed by atoms with E-state index in [9.17, 15) is 10.2 Å². The lowest BCUT2D eigenvalue weighted by atomic mass is 9.93. The molecule has 0 fully saturated rings. The molecule has 2 rings (SSSR count). The number of benzene rings is 1. The van der Waals surface area contributed by atoms with Crippen LogP contribution in [0.3, 0.4) is 0 Å². The Hall–Kier alpha value is -1.38. The topological polar surface area (TPSA) is 49.7 Å². The molecular weight excluding hydrogens is 180 g/mol. The van der Waals surface area contributed by atoms with Crippen LogP contribution in [0.25, 0.3) is 0 Å². The second-order valence-electron chi connectivity index (χ2n) is 3.89. The molecule has 0 bridgehead atoms. The van der Waals surface area contributed by atoms with Gasteiger partial charge in [0.1, 0.15) is 11.9 Å². The SMILES string of the molecule is Cc1c(O)cc(O)c2c1[C@H](C)[C@@H](C)O2. The monoisotopic (exact) mass is 194 g/mol. The van der Waals surface area contributed by atoms with E-state index in [1.165, 1.54) is 6.07 Å². The van der Waals surface area contributed by atoms with Crippen LogP contribution in [0.15, 0.2) is 6.07 Å². The first-order valence-electron chi connectivity index (χ1n) is 4.74. The number of aromatic hydroxyl groups is 2. The third-order valence-corrected chi connectivity index (χ3v) is 3.00. The van der Waals surface area contributed by atoms with E-state index >= 15 is 0 Å². The summed E-state index contributed by atoms with van der Waals surface area (Å²) in [5.41, 5.74) is 1.73. The predicted octanol–water partition coefficient (Wildman–Crippen LogP) is 2.29. The van der Waals surface area contributed by atoms with Crippen molar-refractivity contribution in [3.63, 3.8) is 0 Å². The van der Waals surface area contributed by atoms with Gasteiger partial charge in [0.2, 0.25) is 0 Å². The van der Waals surface area contributed by atoms with E-state index in [-0.39, 0.29) is 23.5 Å². The van der Waals surface area contributed by atoms with Crippen LogP contribution in [0.4, 0.5) is 0 Å². The molecule has 0 spiro atoms. The molecule has 2 N–H and O–H groups in total. The van der Waals surface area contributed by atoms with Crippen LogP contribution >= 0.6 is 0 Å². The normalized spacial score (nSPS) is 24.5. The maximum Gasteiger partial charge on any atom is 0.165 e. The molecule has 3 heteroatoms. The molecule has 14 heavy (non-hydrogen) atoms. The molecule has 2 atom stereocenters. The zero-order chi connectivity index (χ0) is 10.5. The second-order valence-corrected chi connectivity index (χ2v) is 3.89. The maximum absolute atomic E-state index is 9.59. The van der Waals surface area contributed by atoms with Crippen molar-refractivity contribution in [1.29, 1.82) is 0 Å². The lowest BCUT2D eigenvalue weighted by Crippen LogP contribution is -2.10. The fourth-order valence-corrected chi connectivity index (χ4v) is 1.94. The fraction of sp³-hybridized carbons (Fsp3) is 0.455. The van der Waals surface area contributed by atoms with Crippen LogP contribution in [0.2, 0.25) is 0 Å². The Morgan fingerprint density at radius 3 is 2.50 bits per heavy atom. The Balaban J connectivity index is 2.67. The van der Waals surface area contributed by atoms with Crippen LogP contribution < -0.4 is 4.74 Å². The molecule has 0 aliphatic carbocycles. The summed E-state index contributed by atoms with van der Waals surface area (Å²) in [6, 6.07) is 1.33. The van der Waals surface area contributed by atoms with Crippen molar-refractivity contribution in [2.24, 2.45) is 0 Å². The van der Waals surface area contributed by atoms with Crippen molar-refractivity contribution in [3.05, 3.63) is 17.2 Å². The van der Waals surface area contributed by atoms with Gasteiger partial charge in [-0.1, -0.05) is 6.92 Å². The molecule has 76 valence electrons. The lowest BCUT2D eigenvalue weighted by molar-refractivity contribution is 0.225. The Labute approximate surface area is 83.0 Å². The van der Waals surface area contributed by atoms with Gasteiger partial charge in [0.15, 0.2) is 11.5 Å². The van der Waals surface area contributed by atoms with Crippen LogP contribution in [-0.2, 0) is 0 Å². The number of hydrogen-bond donors (Lipinski definition) is 2. The van der Waals surface area contributed by atoms with Gasteiger partial charge in [0.05, 0.1) is 0 Å². The van der Waals surface area contributed by atoms with Gasteiger partial charge >= 0.3 is 0 Å². The van der Waals surface area contributed by atoms with Gasteiger partial charge in [-0.05, 0) is 19.4 Å². The van der Waals surface area contributed by atoms with Gasteiger partial charge in [0.25, 0.3) is 0 Å². The minimum Gasteiger partial charge on any atom is -0.508 e. The minimum absolute atomic E-state index is 0.0271. The van der Waals surface area contributed by atoms with Crippen LogP contribution in [0.1, 0.15) is 30.9 Å². The molecule has 1 aliphatic heterocycles. The average molecular weight is 194 g/mol. The summed E-state index contributed by atoms with van der Waals surface area (Å²) in [6.07, 6.45) is 0.0522. The molecule has 3 nitrogen and oxygen atoms in total. The molecule has 0 unspecified atom stereocenters. The summed E-state index contributed by atoms with van der Waals surface area (Å²) in [5, 5.41) is 19.1. The Bertz CT molecular complexity index is 385. The quantitative estimate of drug-likeness (QED) is 0.666. The van der Waals surface area contributed by atoms with Crippen molar-refractivity contribution in [2.75, 3.05) is 0 Å². The summed E-state index contributed by atoms with van der Waals surface area (Å²) in [4.78, 5) is 0. The van der Waals surface area contributed by atoms with Gasteiger partial charge in [-0.25, -0.2) is 0 Å². The predicted molar refractivity (Wildman–Crippen MR) is 53.0 cm³/mol. The van der Waals surface area contributed by atoms with Crippen molar-refractivity contribution < 1.29 is 14.9 Å². The Morgan fingerprint density at radius 1 is 1.21 bits per heavy atom. The third kappa shape index (κ3) is 1.05. The van der Waals surface area contributed by atoms with E-state index in [1.807, 2.05) is 20.8 Å². The number of fused-ring (bicyclic) bond motifs is 1. The lowest BCUT2D eigenvalue weighted by Gasteiger charge is -2.09. The average Bonchev–Trinajstić information content (AvgIpc) is 2.41. The standard InChI is InChI=1S/C11H14O3/c1-5-7(3)14-11-9(13)4-8(12)6(2)10(5)11/h4-5,7,12-13H,1-3H3/t5-,7-/m1/s1. The van der Waals surface area contributed by atoms with Crippen LogP contribution in [-0.4, -0.2) is 16.3 Å². The first-order valence-corrected chi connectivity index (χ1v) is 4.74. The van der Waals surface area contributed by atoms with E-state index in [0.29, 0.717) is 5.75 Å². The molecule has 0 radical (unpaired) electrons. The van der Waals surface area contributed by atoms with Crippen molar-refractivity contribution in [3.8, 4) is 17.2 Å². The molecule has 0 saturated heterocycles. The first-order chi connectivity index (χ1) is 6.52. The van der Waals surface area contributed by atoms with Crippen LogP contribution in [0.5, 0.6) is 17.2 Å². The Kier molecular flexibility index (Phi) is 1.84. The molecule has 1 aromatic carbocycles. The van der Waals surface area contributed by atoms with E-state index in [1.54, 1.807) is 0 Å². The van der Waals surface area contributed by atoms with E-state index in [2.05, 4.69) is 0 Å². The van der Waals surface area contributed by atoms with E-state index < -0.39 is 0 Å². The van der Waals surface area contributed by atoms with E-state index in [0.717, 1.165) is 11.1 Å². The number of phenolic OH excluding ortho intramolecular Hbond substituents is 2.